The minimum absolute atomic E-state index is 0.208. The average molecular weight is 92.9 g/mol. The quantitative estimate of drug-likeness (QED) is 0.424. The molecule has 0 radical (unpaired) electrons. The number of rotatable bonds is 0. The van der Waals surface area contributed by atoms with Gasteiger partial charge in [0.1, 0.15) is 0 Å². The van der Waals surface area contributed by atoms with Gasteiger partial charge in [0, 0.05) is 0 Å². The van der Waals surface area contributed by atoms with Crippen molar-refractivity contribution in [2.75, 3.05) is 0 Å². The SMILES string of the molecule is N#Cc1bonn1. The summed E-state index contributed by atoms with van der Waals surface area (Å²) in [5.41, 5.74) is 0.208. The van der Waals surface area contributed by atoms with Crippen LogP contribution in [0.25, 0.3) is 0 Å². The topological polar surface area (TPSA) is 62.7 Å². The van der Waals surface area contributed by atoms with Gasteiger partial charge in [-0.3, -0.25) is 0 Å². The van der Waals surface area contributed by atoms with Crippen molar-refractivity contribution in [1.82, 2.24) is 10.4 Å². The van der Waals surface area contributed by atoms with Crippen molar-refractivity contribution < 1.29 is 4.44 Å². The fourth-order valence-corrected chi connectivity index (χ4v) is 0.213. The van der Waals surface area contributed by atoms with Gasteiger partial charge < -0.3 is 0 Å². The first-order chi connectivity index (χ1) is 3.43. The van der Waals surface area contributed by atoms with Crippen LogP contribution in [0.2, 0.25) is 0 Å². The first kappa shape index (κ1) is 4.00. The Bertz CT molecular complexity index is 175. The molecule has 0 aliphatic heterocycles. The van der Waals surface area contributed by atoms with Crippen molar-refractivity contribution in [3.8, 4) is 6.07 Å². The van der Waals surface area contributed by atoms with Gasteiger partial charge in [0.05, 0.1) is 0 Å². The molecule has 0 unspecified atom stereocenters. The average Bonchev–Trinajstić information content (AvgIpc) is 2.14. The molecule has 0 fully saturated rings. The van der Waals surface area contributed by atoms with E-state index in [1.54, 1.807) is 6.07 Å². The summed E-state index contributed by atoms with van der Waals surface area (Å²) in [6.07, 6.45) is 0. The van der Waals surface area contributed by atoms with Crippen LogP contribution < -0.4 is 0 Å². The van der Waals surface area contributed by atoms with Gasteiger partial charge in [-0.15, -0.1) is 0 Å². The minimum atomic E-state index is 0.208. The van der Waals surface area contributed by atoms with E-state index in [1.807, 2.05) is 0 Å². The van der Waals surface area contributed by atoms with E-state index in [0.717, 1.165) is 0 Å². The van der Waals surface area contributed by atoms with Crippen LogP contribution in [0, 0.1) is 11.3 Å². The molecule has 1 rings (SSSR count). The predicted octanol–water partition coefficient (Wildman–Crippen LogP) is -0.721. The van der Waals surface area contributed by atoms with E-state index >= 15 is 0 Å². The molecule has 4 nitrogen and oxygen atoms in total. The van der Waals surface area contributed by atoms with Crippen LogP contribution in [0.4, 0.5) is 0 Å². The standard InChI is InChI=1S/C2BN3O/c4-1-2-3-7-6-5-2. The van der Waals surface area contributed by atoms with E-state index in [1.165, 1.54) is 7.13 Å². The van der Waals surface area contributed by atoms with E-state index in [-0.39, 0.29) is 5.59 Å². The first-order valence-corrected chi connectivity index (χ1v) is 1.60. The Kier molecular flexibility index (Phi) is 0.865. The number of aromatic nitrogens is 2. The van der Waals surface area contributed by atoms with Crippen molar-refractivity contribution in [2.24, 2.45) is 0 Å². The molecule has 1 aromatic rings. The summed E-state index contributed by atoms with van der Waals surface area (Å²) in [4.78, 5) is 0. The fourth-order valence-electron chi connectivity index (χ4n) is 0.213. The molecule has 0 aliphatic rings. The molecule has 0 N–H and O–H groups in total. The van der Waals surface area contributed by atoms with Gasteiger partial charge in [-0.25, -0.2) is 0 Å². The monoisotopic (exact) mass is 93.0 g/mol. The number of hydrogen-bond donors (Lipinski definition) is 0. The third-order valence-corrected chi connectivity index (χ3v) is 0.475. The Morgan fingerprint density at radius 1 is 1.86 bits per heavy atom. The van der Waals surface area contributed by atoms with Crippen LogP contribution in [0.1, 0.15) is 5.59 Å². The summed E-state index contributed by atoms with van der Waals surface area (Å²) < 4.78 is 4.22. The van der Waals surface area contributed by atoms with E-state index in [2.05, 4.69) is 14.8 Å². The molecule has 0 aliphatic carbocycles. The zero-order valence-corrected chi connectivity index (χ0v) is 3.33. The van der Waals surface area contributed by atoms with Crippen LogP contribution in [0.5, 0.6) is 0 Å². The molecule has 0 saturated carbocycles. The van der Waals surface area contributed by atoms with E-state index in [0.29, 0.717) is 0 Å². The van der Waals surface area contributed by atoms with Gasteiger partial charge in [0.2, 0.25) is 0 Å². The molecule has 32 valence electrons. The zero-order chi connectivity index (χ0) is 5.11. The summed E-state index contributed by atoms with van der Waals surface area (Å²) in [7, 11) is 1.18. The first-order valence-electron chi connectivity index (χ1n) is 1.60. The fraction of sp³-hybridized carbons (Fsp3) is 0. The van der Waals surface area contributed by atoms with E-state index in [9.17, 15) is 0 Å². The normalized spacial score (nSPS) is 7.29. The van der Waals surface area contributed by atoms with Crippen molar-refractivity contribution in [2.45, 2.75) is 0 Å². The molecule has 1 aromatic heterocycles. The summed E-state index contributed by atoms with van der Waals surface area (Å²) in [6, 6.07) is 1.74. The number of hydrogen-bond acceptors (Lipinski definition) is 4. The molecular formula is C2BN3O. The summed E-state index contributed by atoms with van der Waals surface area (Å²) in [5, 5.41) is 14.3. The van der Waals surface area contributed by atoms with Crippen LogP contribution >= 0.6 is 0 Å². The Morgan fingerprint density at radius 2 is 2.71 bits per heavy atom. The second-order valence-electron chi connectivity index (χ2n) is 0.902. The van der Waals surface area contributed by atoms with Gasteiger partial charge in [-0.1, -0.05) is 0 Å². The third-order valence-electron chi connectivity index (χ3n) is 0.475. The second kappa shape index (κ2) is 1.52. The molecule has 7 heavy (non-hydrogen) atoms. The van der Waals surface area contributed by atoms with Crippen molar-refractivity contribution >= 4 is 7.13 Å². The molecule has 0 atom stereocenters. The molecule has 0 spiro atoms. The van der Waals surface area contributed by atoms with Crippen LogP contribution in [-0.4, -0.2) is 17.5 Å². The second-order valence-corrected chi connectivity index (χ2v) is 0.902. The van der Waals surface area contributed by atoms with Crippen molar-refractivity contribution in [3.63, 3.8) is 0 Å². The van der Waals surface area contributed by atoms with E-state index in [4.69, 9.17) is 5.26 Å². The number of nitriles is 1. The van der Waals surface area contributed by atoms with Crippen molar-refractivity contribution in [1.29, 1.82) is 5.26 Å². The Morgan fingerprint density at radius 3 is 3.00 bits per heavy atom. The van der Waals surface area contributed by atoms with Crippen LogP contribution in [0.3, 0.4) is 0 Å². The molecule has 0 amide bonds. The molecule has 1 heterocycles. The maximum absolute atomic E-state index is 8.01. The Hall–Kier alpha value is -1.18. The van der Waals surface area contributed by atoms with Crippen LogP contribution in [0.15, 0.2) is 4.44 Å². The molecule has 0 aromatic carbocycles. The molecular weight excluding hydrogens is 92.9 g/mol. The summed E-state index contributed by atoms with van der Waals surface area (Å²) in [6.45, 7) is 0. The van der Waals surface area contributed by atoms with Gasteiger partial charge in [0.15, 0.2) is 0 Å². The van der Waals surface area contributed by atoms with E-state index < -0.39 is 0 Å². The summed E-state index contributed by atoms with van der Waals surface area (Å²) in [5.74, 6) is 0. The third kappa shape index (κ3) is 0.629. The van der Waals surface area contributed by atoms with Gasteiger partial charge in [-0.2, -0.15) is 0 Å². The Labute approximate surface area is 40.0 Å². The van der Waals surface area contributed by atoms with Gasteiger partial charge in [0.25, 0.3) is 0 Å². The van der Waals surface area contributed by atoms with Gasteiger partial charge >= 0.3 is 38.9 Å². The predicted molar refractivity (Wildman–Crippen MR) is 20.4 cm³/mol. The zero-order valence-electron chi connectivity index (χ0n) is 3.33. The van der Waals surface area contributed by atoms with Crippen LogP contribution in [-0.2, 0) is 0 Å². The summed E-state index contributed by atoms with van der Waals surface area (Å²) >= 11 is 0. The molecule has 0 saturated heterocycles. The maximum atomic E-state index is 8.01. The molecule has 5 heteroatoms. The number of nitrogens with zero attached hydrogens (tertiary/aromatic N) is 3. The van der Waals surface area contributed by atoms with Gasteiger partial charge in [-0.05, 0) is 0 Å². The molecule has 0 bridgehead atoms. The van der Waals surface area contributed by atoms with Crippen molar-refractivity contribution in [3.05, 3.63) is 5.59 Å². The Balaban J connectivity index is 3.04.